The predicted octanol–water partition coefficient (Wildman–Crippen LogP) is 4.19. The lowest BCUT2D eigenvalue weighted by Gasteiger charge is -2.38. The Morgan fingerprint density at radius 1 is 1.18 bits per heavy atom. The number of nitrogens with zero attached hydrogens (tertiary/aromatic N) is 4. The molecule has 0 spiro atoms. The average molecular weight is 539 g/mol. The van der Waals surface area contributed by atoms with Crippen LogP contribution < -0.4 is 10.2 Å². The summed E-state index contributed by atoms with van der Waals surface area (Å²) in [5, 5.41) is 9.21. The molecule has 38 heavy (non-hydrogen) atoms. The molecular formula is C26H33F3N4O5. The number of hydrogen-bond donors (Lipinski definition) is 1. The summed E-state index contributed by atoms with van der Waals surface area (Å²) in [7, 11) is 1.85. The summed E-state index contributed by atoms with van der Waals surface area (Å²) in [5.41, 5.74) is -0.438. The van der Waals surface area contributed by atoms with Gasteiger partial charge in [-0.3, -0.25) is 14.2 Å². The summed E-state index contributed by atoms with van der Waals surface area (Å²) in [4.78, 5) is 30.1. The lowest BCUT2D eigenvalue weighted by Crippen LogP contribution is -2.53. The number of alkyl halides is 3. The van der Waals surface area contributed by atoms with E-state index in [1.54, 1.807) is 6.07 Å². The van der Waals surface area contributed by atoms with Crippen LogP contribution in [-0.2, 0) is 29.9 Å². The molecule has 2 amide bonds. The van der Waals surface area contributed by atoms with Crippen molar-refractivity contribution in [2.24, 2.45) is 12.0 Å². The van der Waals surface area contributed by atoms with E-state index in [0.717, 1.165) is 36.7 Å². The summed E-state index contributed by atoms with van der Waals surface area (Å²) in [6.45, 7) is 7.41. The van der Waals surface area contributed by atoms with Crippen molar-refractivity contribution in [1.29, 1.82) is 0 Å². The molecule has 0 unspecified atom stereocenters. The van der Waals surface area contributed by atoms with Crippen molar-refractivity contribution in [2.45, 2.75) is 70.3 Å². The van der Waals surface area contributed by atoms with Crippen LogP contribution in [-0.4, -0.2) is 63.3 Å². The number of carbonyl (C=O) groups excluding carboxylic acids is 1. The SMILES string of the molecule is Cn1c(C(C)(C)C)cc(=NC(=O)c2cc(C(F)(F)F)ccc2OC[C@@H]2CCN2C(=O)O)n1C[C@H]1CCCO1. The molecule has 2 fully saturated rings. The maximum Gasteiger partial charge on any atom is 0.416 e. The summed E-state index contributed by atoms with van der Waals surface area (Å²) < 4.78 is 55.7. The number of rotatable bonds is 6. The molecule has 1 aromatic carbocycles. The third kappa shape index (κ3) is 5.90. The lowest BCUT2D eigenvalue weighted by atomic mass is 9.92. The van der Waals surface area contributed by atoms with Crippen LogP contribution in [0.5, 0.6) is 5.75 Å². The quantitative estimate of drug-likeness (QED) is 0.595. The third-order valence-electron chi connectivity index (χ3n) is 6.98. The van der Waals surface area contributed by atoms with Gasteiger partial charge in [0.05, 0.1) is 29.8 Å². The minimum absolute atomic E-state index is 0.0578. The van der Waals surface area contributed by atoms with E-state index in [1.165, 1.54) is 4.90 Å². The Balaban J connectivity index is 1.72. The molecule has 2 atom stereocenters. The normalized spacial score (nSPS) is 20.5. The van der Waals surface area contributed by atoms with Gasteiger partial charge in [-0.15, -0.1) is 0 Å². The summed E-state index contributed by atoms with van der Waals surface area (Å²) in [6, 6.07) is 3.97. The second-order valence-electron chi connectivity index (χ2n) is 10.7. The van der Waals surface area contributed by atoms with Gasteiger partial charge < -0.3 is 19.5 Å². The Morgan fingerprint density at radius 3 is 2.47 bits per heavy atom. The Kier molecular flexibility index (Phi) is 7.64. The largest absolute Gasteiger partial charge is 0.491 e. The molecule has 1 aromatic heterocycles. The van der Waals surface area contributed by atoms with E-state index >= 15 is 0 Å². The number of carboxylic acid groups (broad SMARTS) is 1. The molecule has 4 rings (SSSR count). The van der Waals surface area contributed by atoms with Crippen LogP contribution in [0.1, 0.15) is 61.6 Å². The number of halogens is 3. The number of amides is 2. The van der Waals surface area contributed by atoms with Crippen molar-refractivity contribution in [3.63, 3.8) is 0 Å². The molecule has 2 aliphatic rings. The van der Waals surface area contributed by atoms with Crippen molar-refractivity contribution in [2.75, 3.05) is 19.8 Å². The molecule has 208 valence electrons. The van der Waals surface area contributed by atoms with Gasteiger partial charge in [0, 0.05) is 37.4 Å². The van der Waals surface area contributed by atoms with E-state index in [0.29, 0.717) is 31.6 Å². The first-order chi connectivity index (χ1) is 17.8. The second kappa shape index (κ2) is 10.5. The fourth-order valence-corrected chi connectivity index (χ4v) is 4.78. The first-order valence-corrected chi connectivity index (χ1v) is 12.6. The molecule has 2 aliphatic heterocycles. The van der Waals surface area contributed by atoms with Crippen LogP contribution >= 0.6 is 0 Å². The monoisotopic (exact) mass is 538 g/mol. The van der Waals surface area contributed by atoms with Crippen LogP contribution in [0.2, 0.25) is 0 Å². The van der Waals surface area contributed by atoms with E-state index in [-0.39, 0.29) is 29.4 Å². The van der Waals surface area contributed by atoms with Crippen LogP contribution in [0.15, 0.2) is 29.3 Å². The number of carbonyl (C=O) groups is 2. The maximum atomic E-state index is 13.5. The van der Waals surface area contributed by atoms with Crippen molar-refractivity contribution >= 4 is 12.0 Å². The Bertz CT molecular complexity index is 1270. The van der Waals surface area contributed by atoms with Crippen molar-refractivity contribution in [3.05, 3.63) is 46.6 Å². The van der Waals surface area contributed by atoms with Crippen LogP contribution in [0, 0.1) is 0 Å². The van der Waals surface area contributed by atoms with Gasteiger partial charge in [-0.2, -0.15) is 18.2 Å². The van der Waals surface area contributed by atoms with E-state index < -0.39 is 29.8 Å². The number of benzene rings is 1. The third-order valence-corrected chi connectivity index (χ3v) is 6.98. The topological polar surface area (TPSA) is 98.3 Å². The average Bonchev–Trinajstić information content (AvgIpc) is 3.41. The smallest absolute Gasteiger partial charge is 0.416 e. The molecular weight excluding hydrogens is 505 g/mol. The van der Waals surface area contributed by atoms with E-state index in [9.17, 15) is 27.9 Å². The molecule has 2 aromatic rings. The standard InChI is InChI=1S/C26H33F3N4O5/c1-25(2,3)21-13-22(33(31(21)4)14-18-6-5-11-37-18)30-23(34)19-12-16(26(27,28)29)7-8-20(19)38-15-17-9-10-32(17)24(35)36/h7-8,12-13,17-18H,5-6,9-11,14-15H2,1-4H3,(H,35,36)/t17-,18+/m0/s1. The molecule has 3 heterocycles. The van der Waals surface area contributed by atoms with Crippen molar-refractivity contribution in [3.8, 4) is 5.75 Å². The van der Waals surface area contributed by atoms with Gasteiger partial charge in [-0.25, -0.2) is 4.79 Å². The Hall–Kier alpha value is -3.28. The van der Waals surface area contributed by atoms with E-state index in [4.69, 9.17) is 9.47 Å². The molecule has 1 N–H and O–H groups in total. The van der Waals surface area contributed by atoms with Gasteiger partial charge in [0.2, 0.25) is 0 Å². The van der Waals surface area contributed by atoms with Gasteiger partial charge in [0.25, 0.3) is 5.91 Å². The summed E-state index contributed by atoms with van der Waals surface area (Å²) >= 11 is 0. The zero-order valence-electron chi connectivity index (χ0n) is 21.9. The summed E-state index contributed by atoms with van der Waals surface area (Å²) in [5.74, 6) is -0.969. The number of ether oxygens (including phenoxy) is 2. The molecule has 0 saturated carbocycles. The van der Waals surface area contributed by atoms with Crippen LogP contribution in [0.4, 0.5) is 18.0 Å². The first kappa shape index (κ1) is 27.7. The Morgan fingerprint density at radius 2 is 1.92 bits per heavy atom. The van der Waals surface area contributed by atoms with Crippen molar-refractivity contribution in [1.82, 2.24) is 14.3 Å². The number of hydrogen-bond acceptors (Lipinski definition) is 4. The van der Waals surface area contributed by atoms with E-state index in [1.807, 2.05) is 37.2 Å². The highest BCUT2D eigenvalue weighted by Crippen LogP contribution is 2.33. The predicted molar refractivity (Wildman–Crippen MR) is 131 cm³/mol. The minimum Gasteiger partial charge on any atom is -0.491 e. The first-order valence-electron chi connectivity index (χ1n) is 12.6. The zero-order valence-corrected chi connectivity index (χ0v) is 21.9. The molecule has 0 bridgehead atoms. The number of aromatic nitrogens is 2. The van der Waals surface area contributed by atoms with Crippen LogP contribution in [0.3, 0.4) is 0 Å². The molecule has 0 radical (unpaired) electrons. The fraction of sp³-hybridized carbons (Fsp3) is 0.577. The van der Waals surface area contributed by atoms with Crippen LogP contribution in [0.25, 0.3) is 0 Å². The molecule has 12 heteroatoms. The highest BCUT2D eigenvalue weighted by atomic mass is 19.4. The highest BCUT2D eigenvalue weighted by Gasteiger charge is 2.34. The lowest BCUT2D eigenvalue weighted by molar-refractivity contribution is -0.137. The van der Waals surface area contributed by atoms with Gasteiger partial charge >= 0.3 is 12.3 Å². The minimum atomic E-state index is -4.67. The maximum absolute atomic E-state index is 13.5. The number of likely N-dealkylation sites (tertiary alicyclic amines) is 1. The van der Waals surface area contributed by atoms with Gasteiger partial charge in [-0.05, 0) is 37.5 Å². The van der Waals surface area contributed by atoms with Crippen molar-refractivity contribution < 1.29 is 37.3 Å². The van der Waals surface area contributed by atoms with Gasteiger partial charge in [0.15, 0.2) is 5.49 Å². The second-order valence-corrected chi connectivity index (χ2v) is 10.7. The van der Waals surface area contributed by atoms with Gasteiger partial charge in [-0.1, -0.05) is 20.8 Å². The molecule has 2 saturated heterocycles. The fourth-order valence-electron chi connectivity index (χ4n) is 4.78. The summed E-state index contributed by atoms with van der Waals surface area (Å²) in [6.07, 6.45) is -3.48. The highest BCUT2D eigenvalue weighted by molar-refractivity contribution is 5.97. The van der Waals surface area contributed by atoms with Gasteiger partial charge in [0.1, 0.15) is 12.4 Å². The molecule has 9 nitrogen and oxygen atoms in total. The molecule has 0 aliphatic carbocycles. The zero-order chi connectivity index (χ0) is 27.8. The van der Waals surface area contributed by atoms with E-state index in [2.05, 4.69) is 4.99 Å². The Labute approximate surface area is 218 Å².